The van der Waals surface area contributed by atoms with Gasteiger partial charge in [0.1, 0.15) is 5.75 Å². The first kappa shape index (κ1) is 22.7. The quantitative estimate of drug-likeness (QED) is 0.352. The fraction of sp³-hybridized carbons (Fsp3) is 0.148. The molecule has 0 saturated carbocycles. The van der Waals surface area contributed by atoms with Crippen molar-refractivity contribution in [2.24, 2.45) is 0 Å². The molecule has 1 aliphatic rings. The maximum Gasteiger partial charge on any atom is 0.326 e. The minimum absolute atomic E-state index is 0.253. The molecule has 0 aliphatic carbocycles. The third-order valence-electron chi connectivity index (χ3n) is 5.93. The van der Waals surface area contributed by atoms with Crippen LogP contribution < -0.4 is 15.0 Å². The predicted octanol–water partition coefficient (Wildman–Crippen LogP) is 6.41. The summed E-state index contributed by atoms with van der Waals surface area (Å²) in [6, 6.07) is 21.8. The van der Waals surface area contributed by atoms with Crippen LogP contribution in [0.15, 0.2) is 83.0 Å². The van der Waals surface area contributed by atoms with E-state index in [1.165, 1.54) is 0 Å². The standard InChI is InChI=1S/C27H23ClN4O3/c1-16-6-4-9-21(14-16)32-17(2)23(24(29-27(32)33)19-7-5-8-20(28)15-19)26-30-25(31-35-26)18-10-12-22(34-3)13-11-18/h4-15,24H,1-3H3,(H,29,33). The van der Waals surface area contributed by atoms with E-state index in [1.54, 1.807) is 18.1 Å². The van der Waals surface area contributed by atoms with Gasteiger partial charge in [-0.3, -0.25) is 4.90 Å². The van der Waals surface area contributed by atoms with Gasteiger partial charge in [0.15, 0.2) is 0 Å². The smallest absolute Gasteiger partial charge is 0.326 e. The zero-order valence-electron chi connectivity index (χ0n) is 19.4. The third kappa shape index (κ3) is 4.38. The molecule has 1 aromatic heterocycles. The average molecular weight is 487 g/mol. The number of carbonyl (C=O) groups excluding carboxylic acids is 1. The van der Waals surface area contributed by atoms with Gasteiger partial charge in [-0.1, -0.05) is 41.0 Å². The maximum atomic E-state index is 13.3. The number of hydrogen-bond acceptors (Lipinski definition) is 5. The maximum absolute atomic E-state index is 13.3. The molecule has 0 spiro atoms. The molecule has 0 fully saturated rings. The number of aryl methyl sites for hydroxylation is 1. The number of hydrogen-bond donors (Lipinski definition) is 1. The molecule has 0 bridgehead atoms. The average Bonchev–Trinajstić information content (AvgIpc) is 3.33. The number of halogens is 1. The number of nitrogens with one attached hydrogen (secondary N) is 1. The SMILES string of the molecule is COc1ccc(-c2noc(C3=C(C)N(c4cccc(C)c4)C(=O)NC3c3cccc(Cl)c3)n2)cc1. The number of urea groups is 1. The number of methoxy groups -OCH3 is 1. The van der Waals surface area contributed by atoms with Crippen LogP contribution in [-0.2, 0) is 0 Å². The first-order valence-electron chi connectivity index (χ1n) is 11.1. The topological polar surface area (TPSA) is 80.5 Å². The lowest BCUT2D eigenvalue weighted by Crippen LogP contribution is -2.46. The van der Waals surface area contributed by atoms with E-state index in [1.807, 2.05) is 80.6 Å². The van der Waals surface area contributed by atoms with Crippen molar-refractivity contribution in [2.45, 2.75) is 19.9 Å². The van der Waals surface area contributed by atoms with Gasteiger partial charge in [-0.2, -0.15) is 4.98 Å². The number of aromatic nitrogens is 2. The van der Waals surface area contributed by atoms with Gasteiger partial charge in [0.2, 0.25) is 5.82 Å². The molecule has 7 nitrogen and oxygen atoms in total. The van der Waals surface area contributed by atoms with Crippen LogP contribution >= 0.6 is 11.6 Å². The first-order valence-corrected chi connectivity index (χ1v) is 11.4. The van der Waals surface area contributed by atoms with Gasteiger partial charge in [0.25, 0.3) is 5.89 Å². The Labute approximate surface area is 208 Å². The molecule has 1 unspecified atom stereocenters. The minimum Gasteiger partial charge on any atom is -0.497 e. The van der Waals surface area contributed by atoms with Gasteiger partial charge in [-0.15, -0.1) is 0 Å². The van der Waals surface area contributed by atoms with Crippen LogP contribution in [0.2, 0.25) is 5.02 Å². The number of allylic oxidation sites excluding steroid dienone is 1. The second kappa shape index (κ2) is 9.27. The highest BCUT2D eigenvalue weighted by molar-refractivity contribution is 6.30. The summed E-state index contributed by atoms with van der Waals surface area (Å²) in [7, 11) is 1.62. The molecule has 8 heteroatoms. The fourth-order valence-corrected chi connectivity index (χ4v) is 4.42. The van der Waals surface area contributed by atoms with Crippen LogP contribution in [0.1, 0.15) is 30.0 Å². The number of benzene rings is 3. The van der Waals surface area contributed by atoms with Crippen LogP contribution in [0.4, 0.5) is 10.5 Å². The van der Waals surface area contributed by atoms with E-state index in [4.69, 9.17) is 25.8 Å². The fourth-order valence-electron chi connectivity index (χ4n) is 4.22. The number of rotatable bonds is 5. The van der Waals surface area contributed by atoms with Gasteiger partial charge < -0.3 is 14.6 Å². The van der Waals surface area contributed by atoms with Gasteiger partial charge in [0, 0.05) is 16.3 Å². The number of anilines is 1. The second-order valence-electron chi connectivity index (χ2n) is 8.26. The lowest BCUT2D eigenvalue weighted by Gasteiger charge is -2.35. The molecule has 1 N–H and O–H groups in total. The van der Waals surface area contributed by atoms with E-state index < -0.39 is 6.04 Å². The van der Waals surface area contributed by atoms with E-state index in [2.05, 4.69) is 10.5 Å². The Balaban J connectivity index is 1.64. The van der Waals surface area contributed by atoms with Crippen LogP contribution in [0.25, 0.3) is 17.0 Å². The largest absolute Gasteiger partial charge is 0.497 e. The Morgan fingerprint density at radius 3 is 2.51 bits per heavy atom. The lowest BCUT2D eigenvalue weighted by atomic mass is 9.94. The Bertz CT molecular complexity index is 1430. The molecule has 2 heterocycles. The number of nitrogens with zero attached hydrogens (tertiary/aromatic N) is 3. The minimum atomic E-state index is -0.522. The van der Waals surface area contributed by atoms with Crippen molar-refractivity contribution in [3.63, 3.8) is 0 Å². The summed E-state index contributed by atoms with van der Waals surface area (Å²) in [6.07, 6.45) is 0. The normalized spacial score (nSPS) is 15.8. The second-order valence-corrected chi connectivity index (χ2v) is 8.70. The summed E-state index contributed by atoms with van der Waals surface area (Å²) < 4.78 is 11.0. The Morgan fingerprint density at radius 2 is 1.80 bits per heavy atom. The molecule has 5 rings (SSSR count). The van der Waals surface area contributed by atoms with Crippen molar-refractivity contribution in [2.75, 3.05) is 12.0 Å². The molecule has 3 aromatic carbocycles. The molecule has 1 atom stereocenters. The Kier molecular flexibility index (Phi) is 6.01. The van der Waals surface area contributed by atoms with Crippen molar-refractivity contribution in [1.82, 2.24) is 15.5 Å². The van der Waals surface area contributed by atoms with E-state index >= 15 is 0 Å². The van der Waals surface area contributed by atoms with Gasteiger partial charge in [-0.05, 0) is 73.5 Å². The highest BCUT2D eigenvalue weighted by Gasteiger charge is 2.36. The summed E-state index contributed by atoms with van der Waals surface area (Å²) in [5.74, 6) is 1.49. The number of carbonyl (C=O) groups is 1. The number of ether oxygens (including phenoxy) is 1. The molecule has 35 heavy (non-hydrogen) atoms. The van der Waals surface area contributed by atoms with Crippen molar-refractivity contribution in [3.05, 3.63) is 101 Å². The summed E-state index contributed by atoms with van der Waals surface area (Å²) in [4.78, 5) is 19.6. The molecular weight excluding hydrogens is 464 g/mol. The molecular formula is C27H23ClN4O3. The van der Waals surface area contributed by atoms with Crippen LogP contribution in [0, 0.1) is 6.92 Å². The molecule has 1 aliphatic heterocycles. The predicted molar refractivity (Wildman–Crippen MR) is 135 cm³/mol. The summed E-state index contributed by atoms with van der Waals surface area (Å²) >= 11 is 6.28. The molecule has 0 saturated heterocycles. The molecule has 2 amide bonds. The summed E-state index contributed by atoms with van der Waals surface area (Å²) in [5, 5.41) is 7.88. The van der Waals surface area contributed by atoms with Gasteiger partial charge >= 0.3 is 6.03 Å². The third-order valence-corrected chi connectivity index (χ3v) is 6.17. The van der Waals surface area contributed by atoms with Crippen LogP contribution in [0.3, 0.4) is 0 Å². The first-order chi connectivity index (χ1) is 16.9. The highest BCUT2D eigenvalue weighted by atomic mass is 35.5. The monoisotopic (exact) mass is 486 g/mol. The van der Waals surface area contributed by atoms with Crippen LogP contribution in [-0.4, -0.2) is 23.3 Å². The number of amides is 2. The zero-order valence-corrected chi connectivity index (χ0v) is 20.2. The zero-order chi connectivity index (χ0) is 24.5. The lowest BCUT2D eigenvalue weighted by molar-refractivity contribution is 0.244. The van der Waals surface area contributed by atoms with E-state index in [-0.39, 0.29) is 6.03 Å². The van der Waals surface area contributed by atoms with Crippen molar-refractivity contribution < 1.29 is 14.1 Å². The Hall–Kier alpha value is -4.10. The van der Waals surface area contributed by atoms with Crippen LogP contribution in [0.5, 0.6) is 5.75 Å². The summed E-state index contributed by atoms with van der Waals surface area (Å²) in [5.41, 5.74) is 4.77. The van der Waals surface area contributed by atoms with E-state index in [0.29, 0.717) is 28.0 Å². The van der Waals surface area contributed by atoms with Gasteiger partial charge in [0.05, 0.1) is 24.4 Å². The van der Waals surface area contributed by atoms with Crippen molar-refractivity contribution in [3.8, 4) is 17.1 Å². The molecule has 4 aromatic rings. The van der Waals surface area contributed by atoms with Gasteiger partial charge in [-0.25, -0.2) is 4.79 Å². The Morgan fingerprint density at radius 1 is 1.03 bits per heavy atom. The molecule has 176 valence electrons. The highest BCUT2D eigenvalue weighted by Crippen LogP contribution is 2.39. The molecule has 0 radical (unpaired) electrons. The van der Waals surface area contributed by atoms with Crippen molar-refractivity contribution in [1.29, 1.82) is 0 Å². The van der Waals surface area contributed by atoms with E-state index in [0.717, 1.165) is 28.1 Å². The van der Waals surface area contributed by atoms with Crippen molar-refractivity contribution >= 4 is 28.9 Å². The van der Waals surface area contributed by atoms with E-state index in [9.17, 15) is 4.79 Å². The summed E-state index contributed by atoms with van der Waals surface area (Å²) in [6.45, 7) is 3.87.